The molecule has 5 nitrogen and oxygen atoms in total. The van der Waals surface area contributed by atoms with Crippen LogP contribution in [-0.2, 0) is 0 Å². The molecule has 2 heterocycles. The smallest absolute Gasteiger partial charge is 0.317 e. The number of benzene rings is 2. The third-order valence-corrected chi connectivity index (χ3v) is 8.01. The molecule has 3 atom stereocenters. The van der Waals surface area contributed by atoms with Gasteiger partial charge >= 0.3 is 6.03 Å². The summed E-state index contributed by atoms with van der Waals surface area (Å²) in [5.41, 5.74) is 3.22. The average Bonchev–Trinajstić information content (AvgIpc) is 2.88. The molecule has 2 amide bonds. The molecule has 5 heteroatoms. The summed E-state index contributed by atoms with van der Waals surface area (Å²) in [4.78, 5) is 17.6. The molecule has 1 aliphatic carbocycles. The van der Waals surface area contributed by atoms with Crippen molar-refractivity contribution >= 4 is 6.03 Å². The van der Waals surface area contributed by atoms with Gasteiger partial charge in [-0.15, -0.1) is 0 Å². The summed E-state index contributed by atoms with van der Waals surface area (Å²) in [6, 6.07) is 19.3. The predicted octanol–water partition coefficient (Wildman–Crippen LogP) is 4.35. The van der Waals surface area contributed by atoms with Crippen LogP contribution in [0.4, 0.5) is 4.79 Å². The van der Waals surface area contributed by atoms with Gasteiger partial charge in [-0.3, -0.25) is 4.90 Å². The maximum absolute atomic E-state index is 13.2. The van der Waals surface area contributed by atoms with Gasteiger partial charge in [0.05, 0.1) is 6.61 Å². The first-order valence-corrected chi connectivity index (χ1v) is 13.3. The van der Waals surface area contributed by atoms with Crippen LogP contribution in [0.15, 0.2) is 54.6 Å². The van der Waals surface area contributed by atoms with Crippen LogP contribution in [0, 0.1) is 11.8 Å². The molecule has 0 radical (unpaired) electrons. The summed E-state index contributed by atoms with van der Waals surface area (Å²) < 4.78 is 0. The lowest BCUT2D eigenvalue weighted by Crippen LogP contribution is -2.68. The lowest BCUT2D eigenvalue weighted by Gasteiger charge is -2.57. The molecular weight excluding hydrogens is 434 g/mol. The fourth-order valence-electron chi connectivity index (χ4n) is 6.09. The number of urea groups is 1. The first-order chi connectivity index (χ1) is 17.2. The molecular formula is C30H37N3O2. The number of fused-ring (bicyclic) bond motifs is 1. The maximum Gasteiger partial charge on any atom is 0.317 e. The van der Waals surface area contributed by atoms with Gasteiger partial charge in [0.25, 0.3) is 0 Å². The normalized spacial score (nSPS) is 25.3. The molecule has 2 aromatic rings. The molecule has 0 unspecified atom stereocenters. The number of amides is 2. The fourth-order valence-corrected chi connectivity index (χ4v) is 6.09. The standard InChI is InChI=1S/C30H37N3O2/c34-22-28-29(25-17-15-24(16-18-25)14-13-23-9-3-1-4-10-23)27-21-32(19-7-8-20-33(27)28)30(35)31-26-11-5-2-6-12-26/h1,3-4,9-10,15-18,26-29,34H,2,5-8,11-12,19-22H2,(H,31,35)/t27-,28+,29+/m0/s1. The largest absolute Gasteiger partial charge is 0.395 e. The minimum absolute atomic E-state index is 0.0940. The van der Waals surface area contributed by atoms with Crippen molar-refractivity contribution < 1.29 is 9.90 Å². The third-order valence-electron chi connectivity index (χ3n) is 8.01. The van der Waals surface area contributed by atoms with Gasteiger partial charge in [-0.2, -0.15) is 0 Å². The Morgan fingerprint density at radius 2 is 1.57 bits per heavy atom. The second kappa shape index (κ2) is 11.3. The Balaban J connectivity index is 1.29. The van der Waals surface area contributed by atoms with Crippen LogP contribution in [-0.4, -0.2) is 65.3 Å². The zero-order valence-electron chi connectivity index (χ0n) is 20.5. The van der Waals surface area contributed by atoms with E-state index < -0.39 is 0 Å². The van der Waals surface area contributed by atoms with E-state index in [9.17, 15) is 9.90 Å². The zero-order chi connectivity index (χ0) is 24.0. The molecule has 3 aliphatic rings. The number of nitrogens with zero attached hydrogens (tertiary/aromatic N) is 2. The minimum Gasteiger partial charge on any atom is -0.395 e. The van der Waals surface area contributed by atoms with Gasteiger partial charge in [-0.05, 0) is 62.1 Å². The van der Waals surface area contributed by atoms with Crippen molar-refractivity contribution in [3.05, 3.63) is 71.3 Å². The van der Waals surface area contributed by atoms with Crippen LogP contribution in [0.3, 0.4) is 0 Å². The Morgan fingerprint density at radius 3 is 2.29 bits per heavy atom. The molecule has 0 spiro atoms. The van der Waals surface area contributed by atoms with E-state index in [0.29, 0.717) is 6.04 Å². The first kappa shape index (κ1) is 23.9. The number of nitrogens with one attached hydrogen (secondary N) is 1. The minimum atomic E-state index is 0.0940. The van der Waals surface area contributed by atoms with Gasteiger partial charge in [-0.25, -0.2) is 4.79 Å². The molecule has 35 heavy (non-hydrogen) atoms. The highest BCUT2D eigenvalue weighted by Gasteiger charge is 2.49. The highest BCUT2D eigenvalue weighted by molar-refractivity contribution is 5.74. The van der Waals surface area contributed by atoms with Crippen molar-refractivity contribution in [1.82, 2.24) is 15.1 Å². The number of carbonyl (C=O) groups excluding carboxylic acids is 1. The van der Waals surface area contributed by atoms with Crippen molar-refractivity contribution in [3.8, 4) is 11.8 Å². The molecule has 0 bridgehead atoms. The zero-order valence-corrected chi connectivity index (χ0v) is 20.5. The quantitative estimate of drug-likeness (QED) is 0.655. The Hall–Kier alpha value is -2.81. The van der Waals surface area contributed by atoms with E-state index in [4.69, 9.17) is 0 Å². The lowest BCUT2D eigenvalue weighted by molar-refractivity contribution is -0.0592. The highest BCUT2D eigenvalue weighted by Crippen LogP contribution is 2.42. The fraction of sp³-hybridized carbons (Fsp3) is 0.500. The number of rotatable bonds is 3. The third kappa shape index (κ3) is 5.55. The topological polar surface area (TPSA) is 55.8 Å². The van der Waals surface area contributed by atoms with Gasteiger partial charge in [0, 0.05) is 48.3 Å². The van der Waals surface area contributed by atoms with E-state index >= 15 is 0 Å². The Morgan fingerprint density at radius 1 is 0.886 bits per heavy atom. The van der Waals surface area contributed by atoms with E-state index in [1.807, 2.05) is 35.2 Å². The van der Waals surface area contributed by atoms with Crippen LogP contribution in [0.2, 0.25) is 0 Å². The Bertz CT molecular complexity index is 1040. The van der Waals surface area contributed by atoms with Crippen LogP contribution in [0.5, 0.6) is 0 Å². The molecule has 2 saturated heterocycles. The second-order valence-electron chi connectivity index (χ2n) is 10.3. The summed E-state index contributed by atoms with van der Waals surface area (Å²) in [5, 5.41) is 13.5. The molecule has 2 aliphatic heterocycles. The molecule has 1 saturated carbocycles. The van der Waals surface area contributed by atoms with E-state index in [1.54, 1.807) is 0 Å². The molecule has 3 fully saturated rings. The van der Waals surface area contributed by atoms with Gasteiger partial charge in [-0.1, -0.05) is 61.4 Å². The van der Waals surface area contributed by atoms with Crippen LogP contribution < -0.4 is 5.32 Å². The number of hydrogen-bond donors (Lipinski definition) is 2. The van der Waals surface area contributed by atoms with Gasteiger partial charge in [0.2, 0.25) is 0 Å². The van der Waals surface area contributed by atoms with Crippen molar-refractivity contribution in [2.45, 2.75) is 69.0 Å². The average molecular weight is 472 g/mol. The lowest BCUT2D eigenvalue weighted by atomic mass is 9.74. The Kier molecular flexibility index (Phi) is 7.71. The highest BCUT2D eigenvalue weighted by atomic mass is 16.3. The van der Waals surface area contributed by atoms with E-state index in [2.05, 4.69) is 46.3 Å². The van der Waals surface area contributed by atoms with Crippen LogP contribution in [0.25, 0.3) is 0 Å². The molecule has 0 aromatic heterocycles. The van der Waals surface area contributed by atoms with Gasteiger partial charge in [0.15, 0.2) is 0 Å². The second-order valence-corrected chi connectivity index (χ2v) is 10.3. The summed E-state index contributed by atoms with van der Waals surface area (Å²) in [6.45, 7) is 2.67. The summed E-state index contributed by atoms with van der Waals surface area (Å²) in [7, 11) is 0. The van der Waals surface area contributed by atoms with Crippen LogP contribution in [0.1, 0.15) is 67.6 Å². The maximum atomic E-state index is 13.2. The van der Waals surface area contributed by atoms with E-state index in [1.165, 1.54) is 24.8 Å². The van der Waals surface area contributed by atoms with Crippen molar-refractivity contribution in [2.24, 2.45) is 0 Å². The molecule has 184 valence electrons. The SMILES string of the molecule is O=C(NC1CCCCC1)N1CCCCN2[C@H](CO)[C@H](c3ccc(C#Cc4ccccc4)cc3)[C@@H]2C1. The van der Waals surface area contributed by atoms with Gasteiger partial charge < -0.3 is 15.3 Å². The van der Waals surface area contributed by atoms with Gasteiger partial charge in [0.1, 0.15) is 0 Å². The first-order valence-electron chi connectivity index (χ1n) is 13.3. The predicted molar refractivity (Wildman–Crippen MR) is 139 cm³/mol. The summed E-state index contributed by atoms with van der Waals surface area (Å²) >= 11 is 0. The molecule has 2 aromatic carbocycles. The summed E-state index contributed by atoms with van der Waals surface area (Å²) in [5.74, 6) is 6.69. The Labute approximate surface area is 209 Å². The number of carbonyl (C=O) groups is 1. The number of hydrogen-bond acceptors (Lipinski definition) is 3. The van der Waals surface area contributed by atoms with Crippen molar-refractivity contribution in [1.29, 1.82) is 0 Å². The number of aliphatic hydroxyl groups is 1. The number of aliphatic hydroxyl groups excluding tert-OH is 1. The van der Waals surface area contributed by atoms with Crippen molar-refractivity contribution in [2.75, 3.05) is 26.2 Å². The van der Waals surface area contributed by atoms with E-state index in [-0.39, 0.29) is 30.6 Å². The van der Waals surface area contributed by atoms with E-state index in [0.717, 1.165) is 56.4 Å². The molecule has 2 N–H and O–H groups in total. The monoisotopic (exact) mass is 471 g/mol. The van der Waals surface area contributed by atoms with Crippen molar-refractivity contribution in [3.63, 3.8) is 0 Å². The summed E-state index contributed by atoms with van der Waals surface area (Å²) in [6.07, 6.45) is 7.99. The van der Waals surface area contributed by atoms with Crippen LogP contribution >= 0.6 is 0 Å². The molecule has 5 rings (SSSR count).